The molecule has 0 aliphatic carbocycles. The van der Waals surface area contributed by atoms with Crippen LogP contribution < -0.4 is 14.8 Å². The Morgan fingerprint density at radius 2 is 1.85 bits per heavy atom. The molecule has 1 N–H and O–H groups in total. The molecule has 3 rings (SSSR count). The number of amides is 1. The van der Waals surface area contributed by atoms with Gasteiger partial charge in [-0.25, -0.2) is 0 Å². The van der Waals surface area contributed by atoms with Crippen LogP contribution in [0.3, 0.4) is 0 Å². The summed E-state index contributed by atoms with van der Waals surface area (Å²) in [6, 6.07) is 13.0. The molecule has 0 unspecified atom stereocenters. The van der Waals surface area contributed by atoms with E-state index in [1.165, 1.54) is 11.8 Å². The second-order valence-electron chi connectivity index (χ2n) is 5.62. The van der Waals surface area contributed by atoms with Crippen molar-refractivity contribution in [2.75, 3.05) is 25.3 Å². The summed E-state index contributed by atoms with van der Waals surface area (Å²) in [7, 11) is 3.11. The van der Waals surface area contributed by atoms with E-state index in [2.05, 4.69) is 20.8 Å². The molecule has 1 heterocycles. The van der Waals surface area contributed by atoms with Gasteiger partial charge in [0.05, 0.1) is 25.7 Å². The number of carbonyl (C=O) groups excluding carboxylic acids is 1. The van der Waals surface area contributed by atoms with Gasteiger partial charge < -0.3 is 14.8 Å². The second-order valence-corrected chi connectivity index (χ2v) is 6.56. The molecule has 0 aliphatic heterocycles. The number of benzene rings is 2. The first-order chi connectivity index (χ1) is 13.1. The Labute approximate surface area is 160 Å². The zero-order valence-electron chi connectivity index (χ0n) is 15.2. The van der Waals surface area contributed by atoms with Gasteiger partial charge in [-0.05, 0) is 41.6 Å². The summed E-state index contributed by atoms with van der Waals surface area (Å²) in [5.41, 5.74) is 2.61. The van der Waals surface area contributed by atoms with Gasteiger partial charge in [0.25, 0.3) is 0 Å². The Hall–Kier alpha value is -3.07. The van der Waals surface area contributed by atoms with E-state index in [-0.39, 0.29) is 11.7 Å². The standard InChI is InChI=1S/C18H19N5O3S/c1-12-4-7-14(8-5-12)23-18(20-21-22-23)27-11-17(24)19-13-6-9-15(25-2)16(10-13)26-3/h4-10H,11H2,1-3H3,(H,19,24). The molecule has 9 heteroatoms. The maximum Gasteiger partial charge on any atom is 0.234 e. The normalized spacial score (nSPS) is 10.5. The Morgan fingerprint density at radius 1 is 1.11 bits per heavy atom. The molecule has 0 aliphatic rings. The predicted molar refractivity (Wildman–Crippen MR) is 103 cm³/mol. The number of aromatic nitrogens is 4. The van der Waals surface area contributed by atoms with E-state index in [9.17, 15) is 4.79 Å². The van der Waals surface area contributed by atoms with Crippen molar-refractivity contribution in [2.45, 2.75) is 12.1 Å². The molecule has 8 nitrogen and oxygen atoms in total. The zero-order valence-corrected chi connectivity index (χ0v) is 16.0. The molecule has 0 atom stereocenters. The lowest BCUT2D eigenvalue weighted by Gasteiger charge is -2.10. The largest absolute Gasteiger partial charge is 0.493 e. The third-order valence-corrected chi connectivity index (χ3v) is 4.64. The molecule has 140 valence electrons. The minimum Gasteiger partial charge on any atom is -0.493 e. The summed E-state index contributed by atoms with van der Waals surface area (Å²) in [5.74, 6) is 1.14. The van der Waals surface area contributed by atoms with E-state index in [1.54, 1.807) is 37.1 Å². The van der Waals surface area contributed by atoms with E-state index in [4.69, 9.17) is 9.47 Å². The molecular formula is C18H19N5O3S. The average Bonchev–Trinajstić information content (AvgIpc) is 3.15. The molecule has 1 amide bonds. The van der Waals surface area contributed by atoms with Crippen LogP contribution in [0.5, 0.6) is 11.5 Å². The molecule has 0 bridgehead atoms. The van der Waals surface area contributed by atoms with Crippen molar-refractivity contribution in [3.8, 4) is 17.2 Å². The number of anilines is 1. The number of ether oxygens (including phenoxy) is 2. The van der Waals surface area contributed by atoms with Crippen molar-refractivity contribution in [1.82, 2.24) is 20.2 Å². The van der Waals surface area contributed by atoms with Gasteiger partial charge in [-0.2, -0.15) is 4.68 Å². The summed E-state index contributed by atoms with van der Waals surface area (Å²) in [6.45, 7) is 2.01. The molecule has 0 spiro atoms. The van der Waals surface area contributed by atoms with Crippen molar-refractivity contribution in [1.29, 1.82) is 0 Å². The van der Waals surface area contributed by atoms with Crippen LogP contribution in [0.4, 0.5) is 5.69 Å². The number of thioether (sulfide) groups is 1. The third-order valence-electron chi connectivity index (χ3n) is 3.72. The first kappa shape index (κ1) is 18.7. The first-order valence-electron chi connectivity index (χ1n) is 8.11. The lowest BCUT2D eigenvalue weighted by Crippen LogP contribution is -2.14. The van der Waals surface area contributed by atoms with E-state index >= 15 is 0 Å². The van der Waals surface area contributed by atoms with Gasteiger partial charge in [-0.3, -0.25) is 4.79 Å². The monoisotopic (exact) mass is 385 g/mol. The van der Waals surface area contributed by atoms with Crippen molar-refractivity contribution in [3.05, 3.63) is 48.0 Å². The van der Waals surface area contributed by atoms with Crippen LogP contribution in [0.15, 0.2) is 47.6 Å². The van der Waals surface area contributed by atoms with Gasteiger partial charge in [0.1, 0.15) is 0 Å². The maximum atomic E-state index is 12.3. The third kappa shape index (κ3) is 4.56. The molecule has 3 aromatic rings. The Balaban J connectivity index is 1.63. The highest BCUT2D eigenvalue weighted by molar-refractivity contribution is 7.99. The second kappa shape index (κ2) is 8.54. The highest BCUT2D eigenvalue weighted by atomic mass is 32.2. The van der Waals surface area contributed by atoms with Crippen LogP contribution in [-0.4, -0.2) is 46.1 Å². The summed E-state index contributed by atoms with van der Waals surface area (Å²) in [6.07, 6.45) is 0. The zero-order chi connectivity index (χ0) is 19.2. The van der Waals surface area contributed by atoms with Crippen LogP contribution in [0, 0.1) is 6.92 Å². The number of carbonyl (C=O) groups is 1. The van der Waals surface area contributed by atoms with E-state index < -0.39 is 0 Å². The number of tetrazole rings is 1. The molecule has 2 aromatic carbocycles. The molecule has 0 radical (unpaired) electrons. The molecular weight excluding hydrogens is 366 g/mol. The van der Waals surface area contributed by atoms with Gasteiger partial charge >= 0.3 is 0 Å². The van der Waals surface area contributed by atoms with E-state index in [1.807, 2.05) is 31.2 Å². The number of nitrogens with zero attached hydrogens (tertiary/aromatic N) is 4. The maximum absolute atomic E-state index is 12.3. The highest BCUT2D eigenvalue weighted by Gasteiger charge is 2.12. The van der Waals surface area contributed by atoms with Crippen LogP contribution in [0.25, 0.3) is 5.69 Å². The van der Waals surface area contributed by atoms with Crippen molar-refractivity contribution in [3.63, 3.8) is 0 Å². The lowest BCUT2D eigenvalue weighted by atomic mass is 10.2. The fraction of sp³-hybridized carbons (Fsp3) is 0.222. The van der Waals surface area contributed by atoms with Crippen molar-refractivity contribution >= 4 is 23.4 Å². The number of methoxy groups -OCH3 is 2. The molecule has 27 heavy (non-hydrogen) atoms. The number of nitrogens with one attached hydrogen (secondary N) is 1. The topological polar surface area (TPSA) is 91.2 Å². The fourth-order valence-corrected chi connectivity index (χ4v) is 3.05. The molecule has 0 fully saturated rings. The summed E-state index contributed by atoms with van der Waals surface area (Å²) < 4.78 is 12.0. The lowest BCUT2D eigenvalue weighted by molar-refractivity contribution is -0.113. The van der Waals surface area contributed by atoms with Gasteiger partial charge in [-0.15, -0.1) is 5.10 Å². The summed E-state index contributed by atoms with van der Waals surface area (Å²) in [4.78, 5) is 12.3. The van der Waals surface area contributed by atoms with Gasteiger partial charge in [0, 0.05) is 11.8 Å². The van der Waals surface area contributed by atoms with Crippen LogP contribution in [-0.2, 0) is 4.79 Å². The van der Waals surface area contributed by atoms with Crippen molar-refractivity contribution in [2.24, 2.45) is 0 Å². The van der Waals surface area contributed by atoms with Crippen LogP contribution >= 0.6 is 11.8 Å². The minimum absolute atomic E-state index is 0.167. The fourth-order valence-electron chi connectivity index (χ4n) is 2.36. The minimum atomic E-state index is -0.175. The SMILES string of the molecule is COc1ccc(NC(=O)CSc2nnnn2-c2ccc(C)cc2)cc1OC. The van der Waals surface area contributed by atoms with Crippen LogP contribution in [0.1, 0.15) is 5.56 Å². The quantitative estimate of drug-likeness (QED) is 0.625. The molecule has 0 saturated carbocycles. The highest BCUT2D eigenvalue weighted by Crippen LogP contribution is 2.30. The summed E-state index contributed by atoms with van der Waals surface area (Å²) >= 11 is 1.26. The van der Waals surface area contributed by atoms with E-state index in [0.717, 1.165) is 11.3 Å². The Bertz CT molecular complexity index is 927. The van der Waals surface area contributed by atoms with Gasteiger partial charge in [0.15, 0.2) is 11.5 Å². The number of rotatable bonds is 7. The number of aryl methyl sites for hydroxylation is 1. The Morgan fingerprint density at radius 3 is 2.56 bits per heavy atom. The van der Waals surface area contributed by atoms with Gasteiger partial charge in [0.2, 0.25) is 11.1 Å². The smallest absolute Gasteiger partial charge is 0.234 e. The predicted octanol–water partition coefficient (Wildman–Crippen LogP) is 2.72. The van der Waals surface area contributed by atoms with Crippen molar-refractivity contribution < 1.29 is 14.3 Å². The first-order valence-corrected chi connectivity index (χ1v) is 9.09. The molecule has 0 saturated heterocycles. The van der Waals surface area contributed by atoms with Gasteiger partial charge in [-0.1, -0.05) is 29.5 Å². The Kier molecular flexibility index (Phi) is 5.92. The van der Waals surface area contributed by atoms with Crippen LogP contribution in [0.2, 0.25) is 0 Å². The average molecular weight is 385 g/mol. The number of hydrogen-bond donors (Lipinski definition) is 1. The number of hydrogen-bond acceptors (Lipinski definition) is 7. The van der Waals surface area contributed by atoms with E-state index in [0.29, 0.717) is 22.3 Å². The summed E-state index contributed by atoms with van der Waals surface area (Å²) in [5, 5.41) is 15.1. The molecule has 1 aromatic heterocycles.